The Hall–Kier alpha value is -0.870. The Morgan fingerprint density at radius 3 is 2.85 bits per heavy atom. The number of rotatable bonds is 5. The van der Waals surface area contributed by atoms with Gasteiger partial charge in [-0.15, -0.1) is 0 Å². The second kappa shape index (κ2) is 5.86. The van der Waals surface area contributed by atoms with Gasteiger partial charge < -0.3 is 5.32 Å². The molecule has 1 saturated carbocycles. The summed E-state index contributed by atoms with van der Waals surface area (Å²) in [6.45, 7) is 8.08. The van der Waals surface area contributed by atoms with Crippen LogP contribution in [0.4, 0.5) is 0 Å². The van der Waals surface area contributed by atoms with Crippen LogP contribution < -0.4 is 5.32 Å². The fourth-order valence-corrected chi connectivity index (χ4v) is 3.44. The first-order valence-corrected chi connectivity index (χ1v) is 8.12. The van der Waals surface area contributed by atoms with Gasteiger partial charge in [-0.05, 0) is 24.7 Å². The summed E-state index contributed by atoms with van der Waals surface area (Å²) in [7, 11) is 2.00. The van der Waals surface area contributed by atoms with Crippen LogP contribution >= 0.6 is 0 Å². The van der Waals surface area contributed by atoms with E-state index in [2.05, 4.69) is 35.4 Å². The van der Waals surface area contributed by atoms with Gasteiger partial charge in [0.15, 0.2) is 0 Å². The number of hydrogen-bond donors (Lipinski definition) is 1. The maximum atomic E-state index is 4.31. The Morgan fingerprint density at radius 2 is 2.25 bits per heavy atom. The van der Waals surface area contributed by atoms with E-state index in [0.29, 0.717) is 6.04 Å². The molecule has 2 heterocycles. The van der Waals surface area contributed by atoms with Gasteiger partial charge in [-0.25, -0.2) is 0 Å². The van der Waals surface area contributed by atoms with Crippen LogP contribution in [0.5, 0.6) is 0 Å². The molecule has 0 spiro atoms. The van der Waals surface area contributed by atoms with E-state index in [4.69, 9.17) is 0 Å². The van der Waals surface area contributed by atoms with Crippen molar-refractivity contribution in [2.24, 2.45) is 18.9 Å². The zero-order valence-electron chi connectivity index (χ0n) is 13.0. The maximum Gasteiger partial charge on any atom is 0.0534 e. The smallest absolute Gasteiger partial charge is 0.0534 e. The van der Waals surface area contributed by atoms with Crippen molar-refractivity contribution in [3.63, 3.8) is 0 Å². The minimum Gasteiger partial charge on any atom is -0.311 e. The van der Waals surface area contributed by atoms with Crippen LogP contribution in [0.1, 0.15) is 38.7 Å². The van der Waals surface area contributed by atoms with Gasteiger partial charge in [-0.2, -0.15) is 5.10 Å². The zero-order chi connectivity index (χ0) is 14.1. The molecule has 1 aliphatic heterocycles. The monoisotopic (exact) mass is 276 g/mol. The van der Waals surface area contributed by atoms with Crippen LogP contribution in [0.25, 0.3) is 0 Å². The molecule has 3 atom stereocenters. The van der Waals surface area contributed by atoms with Gasteiger partial charge in [0.1, 0.15) is 0 Å². The summed E-state index contributed by atoms with van der Waals surface area (Å²) in [5.41, 5.74) is 1.35. The highest BCUT2D eigenvalue weighted by molar-refractivity contribution is 5.06. The molecule has 1 aliphatic carbocycles. The lowest BCUT2D eigenvalue weighted by Gasteiger charge is -2.42. The molecular weight excluding hydrogens is 248 g/mol. The van der Waals surface area contributed by atoms with Crippen molar-refractivity contribution in [1.29, 1.82) is 0 Å². The summed E-state index contributed by atoms with van der Waals surface area (Å²) in [5, 5.41) is 8.11. The summed E-state index contributed by atoms with van der Waals surface area (Å²) < 4.78 is 1.91. The van der Waals surface area contributed by atoms with Crippen LogP contribution in [-0.2, 0) is 13.6 Å². The molecule has 0 amide bonds. The lowest BCUT2D eigenvalue weighted by molar-refractivity contribution is 0.0891. The number of nitrogens with one attached hydrogen (secondary N) is 1. The van der Waals surface area contributed by atoms with Crippen molar-refractivity contribution in [3.8, 4) is 0 Å². The average Bonchev–Trinajstić information content (AvgIpc) is 3.21. The molecule has 0 bridgehead atoms. The summed E-state index contributed by atoms with van der Waals surface area (Å²) in [6, 6.07) is 1.38. The Balaban J connectivity index is 1.68. The van der Waals surface area contributed by atoms with Crippen molar-refractivity contribution in [2.75, 3.05) is 13.1 Å². The van der Waals surface area contributed by atoms with E-state index in [1.165, 1.54) is 37.9 Å². The molecule has 2 aliphatic rings. The van der Waals surface area contributed by atoms with Gasteiger partial charge in [-0.1, -0.05) is 20.3 Å². The molecule has 1 saturated heterocycles. The Kier molecular flexibility index (Phi) is 4.13. The van der Waals surface area contributed by atoms with E-state index in [1.807, 2.05) is 17.9 Å². The van der Waals surface area contributed by atoms with Crippen molar-refractivity contribution >= 4 is 0 Å². The molecule has 0 aromatic carbocycles. The Bertz CT molecular complexity index is 437. The first-order chi connectivity index (χ1) is 9.67. The number of piperazine rings is 1. The highest BCUT2D eigenvalue weighted by atomic mass is 15.3. The molecule has 0 radical (unpaired) electrons. The molecule has 2 fully saturated rings. The second-order valence-corrected chi connectivity index (χ2v) is 6.76. The van der Waals surface area contributed by atoms with Crippen molar-refractivity contribution in [3.05, 3.63) is 18.0 Å². The molecule has 3 rings (SSSR count). The maximum absolute atomic E-state index is 4.31. The van der Waals surface area contributed by atoms with Crippen LogP contribution in [0.2, 0.25) is 0 Å². The number of aryl methyl sites for hydroxylation is 1. The summed E-state index contributed by atoms with van der Waals surface area (Å²) in [5.74, 6) is 1.68. The van der Waals surface area contributed by atoms with Crippen molar-refractivity contribution < 1.29 is 0 Å². The standard InChI is InChI=1S/C16H28N4/c1-4-12(2)15-11-20(10-13-7-18-19(3)9-13)16(8-17-15)14-5-6-14/h7,9,12,14-17H,4-6,8,10-11H2,1-3H3. The van der Waals surface area contributed by atoms with Gasteiger partial charge in [0.25, 0.3) is 0 Å². The third-order valence-corrected chi connectivity index (χ3v) is 5.13. The highest BCUT2D eigenvalue weighted by Gasteiger charge is 2.39. The van der Waals surface area contributed by atoms with E-state index < -0.39 is 0 Å². The predicted octanol–water partition coefficient (Wildman–Crippen LogP) is 2.02. The van der Waals surface area contributed by atoms with Crippen LogP contribution in [0, 0.1) is 11.8 Å². The molecule has 1 N–H and O–H groups in total. The molecule has 4 heteroatoms. The van der Waals surface area contributed by atoms with Crippen LogP contribution in [0.15, 0.2) is 12.4 Å². The lowest BCUT2D eigenvalue weighted by Crippen LogP contribution is -2.58. The van der Waals surface area contributed by atoms with E-state index in [9.17, 15) is 0 Å². The second-order valence-electron chi connectivity index (χ2n) is 6.76. The molecule has 112 valence electrons. The number of hydrogen-bond acceptors (Lipinski definition) is 3. The highest BCUT2D eigenvalue weighted by Crippen LogP contribution is 2.37. The third kappa shape index (κ3) is 3.07. The molecule has 4 nitrogen and oxygen atoms in total. The van der Waals surface area contributed by atoms with Crippen LogP contribution in [-0.4, -0.2) is 39.9 Å². The van der Waals surface area contributed by atoms with Gasteiger partial charge in [-0.3, -0.25) is 9.58 Å². The fourth-order valence-electron chi connectivity index (χ4n) is 3.44. The molecule has 20 heavy (non-hydrogen) atoms. The van der Waals surface area contributed by atoms with Crippen molar-refractivity contribution in [2.45, 2.75) is 51.7 Å². The minimum absolute atomic E-state index is 0.645. The Labute approximate surface area is 122 Å². The quantitative estimate of drug-likeness (QED) is 0.893. The molecule has 1 aromatic heterocycles. The lowest BCUT2D eigenvalue weighted by atomic mass is 9.94. The van der Waals surface area contributed by atoms with E-state index in [0.717, 1.165) is 24.4 Å². The van der Waals surface area contributed by atoms with Crippen molar-refractivity contribution in [1.82, 2.24) is 20.0 Å². The van der Waals surface area contributed by atoms with Gasteiger partial charge >= 0.3 is 0 Å². The van der Waals surface area contributed by atoms with E-state index in [-0.39, 0.29) is 0 Å². The number of nitrogens with zero attached hydrogens (tertiary/aromatic N) is 3. The minimum atomic E-state index is 0.645. The fraction of sp³-hybridized carbons (Fsp3) is 0.812. The van der Waals surface area contributed by atoms with Gasteiger partial charge in [0.05, 0.1) is 6.20 Å². The first-order valence-electron chi connectivity index (χ1n) is 8.12. The topological polar surface area (TPSA) is 33.1 Å². The summed E-state index contributed by atoms with van der Waals surface area (Å²) in [4.78, 5) is 2.71. The average molecular weight is 276 g/mol. The first kappa shape index (κ1) is 14.1. The molecule has 3 unspecified atom stereocenters. The Morgan fingerprint density at radius 1 is 1.45 bits per heavy atom. The van der Waals surface area contributed by atoms with Crippen LogP contribution in [0.3, 0.4) is 0 Å². The summed E-state index contributed by atoms with van der Waals surface area (Å²) in [6.07, 6.45) is 8.27. The van der Waals surface area contributed by atoms with E-state index in [1.54, 1.807) is 0 Å². The SMILES string of the molecule is CCC(C)C1CN(Cc2cnn(C)c2)C(C2CC2)CN1. The third-order valence-electron chi connectivity index (χ3n) is 5.13. The summed E-state index contributed by atoms with van der Waals surface area (Å²) >= 11 is 0. The molecular formula is C16H28N4. The normalized spacial score (nSPS) is 29.6. The number of aromatic nitrogens is 2. The zero-order valence-corrected chi connectivity index (χ0v) is 13.0. The van der Waals surface area contributed by atoms with Gasteiger partial charge in [0, 0.05) is 50.5 Å². The largest absolute Gasteiger partial charge is 0.311 e. The molecule has 1 aromatic rings. The van der Waals surface area contributed by atoms with Gasteiger partial charge in [0.2, 0.25) is 0 Å². The predicted molar refractivity (Wildman–Crippen MR) is 81.4 cm³/mol. The van der Waals surface area contributed by atoms with E-state index >= 15 is 0 Å².